The third kappa shape index (κ3) is 2.58. The third-order valence-corrected chi connectivity index (χ3v) is 11.4. The van der Waals surface area contributed by atoms with Crippen molar-refractivity contribution in [1.82, 2.24) is 0 Å². The van der Waals surface area contributed by atoms with E-state index in [1.165, 1.54) is 29.6 Å². The minimum absolute atomic E-state index is 0.0158. The zero-order valence-corrected chi connectivity index (χ0v) is 20.8. The zero-order valence-electron chi connectivity index (χ0n) is 20.8. The lowest BCUT2D eigenvalue weighted by Gasteiger charge is -2.68. The number of carbonyl (C=O) groups is 1. The summed E-state index contributed by atoms with van der Waals surface area (Å²) in [5.41, 5.74) is 4.63. The minimum atomic E-state index is -0.289. The van der Waals surface area contributed by atoms with Crippen LogP contribution in [0.2, 0.25) is 0 Å². The van der Waals surface area contributed by atoms with E-state index in [0.717, 1.165) is 32.1 Å². The molecule has 31 heavy (non-hydrogen) atoms. The number of rotatable bonds is 0. The van der Waals surface area contributed by atoms with Crippen LogP contribution >= 0.6 is 0 Å². The topological polar surface area (TPSA) is 37.3 Å². The van der Waals surface area contributed by atoms with E-state index in [1.54, 1.807) is 0 Å². The minimum Gasteiger partial charge on any atom is -0.393 e. The summed E-state index contributed by atoms with van der Waals surface area (Å²) < 4.78 is 0. The highest BCUT2D eigenvalue weighted by atomic mass is 16.3. The van der Waals surface area contributed by atoms with Crippen LogP contribution in [0.15, 0.2) is 34.9 Å². The SMILES string of the molecule is CC1(C)CC2=C3C=CC4C5(C)CCC(O)C(C)(C)C5CCC4(C)C3(C)CCC2=CC1=O. The normalized spacial score (nSPS) is 47.7. The largest absolute Gasteiger partial charge is 0.393 e. The number of aliphatic hydroxyl groups is 1. The molecule has 2 saturated carbocycles. The quantitative estimate of drug-likeness (QED) is 0.466. The first-order valence-corrected chi connectivity index (χ1v) is 12.6. The highest BCUT2D eigenvalue weighted by Crippen LogP contribution is 2.72. The number of fused-ring (bicyclic) bond motifs is 6. The van der Waals surface area contributed by atoms with Crippen molar-refractivity contribution in [3.63, 3.8) is 0 Å². The summed E-state index contributed by atoms with van der Waals surface area (Å²) in [6.45, 7) is 16.5. The average molecular weight is 423 g/mol. The molecule has 0 aromatic rings. The van der Waals surface area contributed by atoms with Crippen molar-refractivity contribution >= 4 is 5.78 Å². The van der Waals surface area contributed by atoms with E-state index in [2.05, 4.69) is 60.6 Å². The Morgan fingerprint density at radius 2 is 1.68 bits per heavy atom. The molecule has 5 aliphatic carbocycles. The van der Waals surface area contributed by atoms with Gasteiger partial charge in [0, 0.05) is 5.41 Å². The number of hydrogen-bond donors (Lipinski definition) is 1. The molecule has 0 spiro atoms. The summed E-state index contributed by atoms with van der Waals surface area (Å²) in [6.07, 6.45) is 14.4. The van der Waals surface area contributed by atoms with Gasteiger partial charge in [-0.05, 0) is 101 Å². The summed E-state index contributed by atoms with van der Waals surface area (Å²) in [5.74, 6) is 1.41. The lowest BCUT2D eigenvalue weighted by atomic mass is 9.36. The van der Waals surface area contributed by atoms with Crippen LogP contribution in [0.4, 0.5) is 0 Å². The lowest BCUT2D eigenvalue weighted by molar-refractivity contribution is -0.180. The van der Waals surface area contributed by atoms with Crippen molar-refractivity contribution < 1.29 is 9.90 Å². The molecule has 0 aliphatic heterocycles. The molecule has 2 fully saturated rings. The third-order valence-electron chi connectivity index (χ3n) is 11.4. The van der Waals surface area contributed by atoms with Crippen molar-refractivity contribution in [2.45, 2.75) is 99.5 Å². The van der Waals surface area contributed by atoms with Gasteiger partial charge in [-0.15, -0.1) is 0 Å². The Kier molecular flexibility index (Phi) is 4.37. The van der Waals surface area contributed by atoms with Crippen LogP contribution in [0, 0.1) is 38.9 Å². The summed E-state index contributed by atoms with van der Waals surface area (Å²) in [5, 5.41) is 10.8. The standard InChI is InChI=1S/C29H42O2/c1-25(2)17-19-18(16-24(25)31)10-14-28(6)20(19)8-9-22-27(5)13-12-23(30)26(3,4)21(27)11-15-29(22,28)7/h8-9,16,21-23,30H,10-15,17H2,1-7H3. The van der Waals surface area contributed by atoms with E-state index >= 15 is 0 Å². The zero-order chi connectivity index (χ0) is 22.6. The van der Waals surface area contributed by atoms with Gasteiger partial charge < -0.3 is 5.11 Å². The van der Waals surface area contributed by atoms with Crippen LogP contribution in [0.3, 0.4) is 0 Å². The first-order chi connectivity index (χ1) is 14.3. The van der Waals surface area contributed by atoms with E-state index in [-0.39, 0.29) is 33.2 Å². The van der Waals surface area contributed by atoms with E-state index in [4.69, 9.17) is 0 Å². The van der Waals surface area contributed by atoms with Gasteiger partial charge in [-0.1, -0.05) is 60.6 Å². The van der Waals surface area contributed by atoms with Gasteiger partial charge in [0.1, 0.15) is 0 Å². The van der Waals surface area contributed by atoms with Gasteiger partial charge in [-0.25, -0.2) is 0 Å². The predicted molar refractivity (Wildman–Crippen MR) is 126 cm³/mol. The molecule has 0 aromatic carbocycles. The first kappa shape index (κ1) is 21.7. The van der Waals surface area contributed by atoms with Crippen LogP contribution in [0.1, 0.15) is 93.4 Å². The average Bonchev–Trinajstić information content (AvgIpc) is 2.67. The fourth-order valence-corrected chi connectivity index (χ4v) is 9.03. The summed E-state index contributed by atoms with van der Waals surface area (Å²) in [7, 11) is 0. The van der Waals surface area contributed by atoms with Crippen LogP contribution in [-0.4, -0.2) is 17.0 Å². The van der Waals surface area contributed by atoms with Gasteiger partial charge in [0.05, 0.1) is 6.10 Å². The van der Waals surface area contributed by atoms with E-state index in [0.29, 0.717) is 17.6 Å². The van der Waals surface area contributed by atoms with Crippen molar-refractivity contribution in [3.05, 3.63) is 34.9 Å². The Balaban J connectivity index is 1.65. The summed E-state index contributed by atoms with van der Waals surface area (Å²) >= 11 is 0. The Bertz CT molecular complexity index is 930. The predicted octanol–water partition coefficient (Wildman–Crippen LogP) is 6.80. The number of aliphatic hydroxyl groups excluding tert-OH is 1. The maximum Gasteiger partial charge on any atom is 0.161 e. The van der Waals surface area contributed by atoms with Gasteiger partial charge >= 0.3 is 0 Å². The molecule has 0 heterocycles. The van der Waals surface area contributed by atoms with Gasteiger partial charge in [0.25, 0.3) is 0 Å². The first-order valence-electron chi connectivity index (χ1n) is 12.6. The fraction of sp³-hybridized carbons (Fsp3) is 0.759. The molecule has 0 amide bonds. The Morgan fingerprint density at radius 3 is 2.39 bits per heavy atom. The van der Waals surface area contributed by atoms with Crippen molar-refractivity contribution in [2.24, 2.45) is 38.9 Å². The summed E-state index contributed by atoms with van der Waals surface area (Å²) in [6, 6.07) is 0. The van der Waals surface area contributed by atoms with Gasteiger partial charge in [-0.2, -0.15) is 0 Å². The van der Waals surface area contributed by atoms with E-state index in [1.807, 2.05) is 6.08 Å². The molecule has 5 rings (SSSR count). The van der Waals surface area contributed by atoms with Crippen molar-refractivity contribution in [2.75, 3.05) is 0 Å². The van der Waals surface area contributed by atoms with Crippen LogP contribution in [-0.2, 0) is 4.79 Å². The van der Waals surface area contributed by atoms with Crippen LogP contribution in [0.25, 0.3) is 0 Å². The molecular weight excluding hydrogens is 380 g/mol. The Labute approximate surface area is 189 Å². The number of allylic oxidation sites excluding steroid dienone is 6. The fourth-order valence-electron chi connectivity index (χ4n) is 9.03. The van der Waals surface area contributed by atoms with E-state index < -0.39 is 0 Å². The highest BCUT2D eigenvalue weighted by molar-refractivity contribution is 5.97. The second-order valence-electron chi connectivity index (χ2n) is 13.5. The second kappa shape index (κ2) is 6.25. The maximum absolute atomic E-state index is 12.7. The van der Waals surface area contributed by atoms with Crippen LogP contribution in [0.5, 0.6) is 0 Å². The molecule has 5 aliphatic rings. The van der Waals surface area contributed by atoms with E-state index in [9.17, 15) is 9.90 Å². The molecule has 1 N–H and O–H groups in total. The number of carbonyl (C=O) groups excluding carboxylic acids is 1. The van der Waals surface area contributed by atoms with Crippen molar-refractivity contribution in [1.29, 1.82) is 0 Å². The number of ketones is 1. The van der Waals surface area contributed by atoms with Crippen molar-refractivity contribution in [3.8, 4) is 0 Å². The van der Waals surface area contributed by atoms with Gasteiger partial charge in [0.2, 0.25) is 0 Å². The number of hydrogen-bond acceptors (Lipinski definition) is 2. The molecule has 6 atom stereocenters. The Morgan fingerprint density at radius 1 is 0.968 bits per heavy atom. The maximum atomic E-state index is 12.7. The molecule has 0 radical (unpaired) electrons. The smallest absolute Gasteiger partial charge is 0.161 e. The lowest BCUT2D eigenvalue weighted by Crippen LogP contribution is -2.62. The molecule has 2 heteroatoms. The molecular formula is C29H42O2. The second-order valence-corrected chi connectivity index (χ2v) is 13.5. The van der Waals surface area contributed by atoms with Crippen LogP contribution < -0.4 is 0 Å². The Hall–Kier alpha value is -1.15. The van der Waals surface area contributed by atoms with Gasteiger partial charge in [0.15, 0.2) is 5.78 Å². The molecule has 0 bridgehead atoms. The molecule has 0 aromatic heterocycles. The monoisotopic (exact) mass is 422 g/mol. The molecule has 6 unspecified atom stereocenters. The molecule has 0 saturated heterocycles. The molecule has 2 nitrogen and oxygen atoms in total. The highest BCUT2D eigenvalue weighted by Gasteiger charge is 2.65. The van der Waals surface area contributed by atoms with Gasteiger partial charge in [-0.3, -0.25) is 4.79 Å². The molecule has 170 valence electrons. The summed E-state index contributed by atoms with van der Waals surface area (Å²) in [4.78, 5) is 12.7.